The topological polar surface area (TPSA) is 32.3 Å². The monoisotopic (exact) mass is 266 g/mol. The van der Waals surface area contributed by atoms with E-state index in [9.17, 15) is 4.79 Å². The van der Waals surface area contributed by atoms with Crippen molar-refractivity contribution in [1.82, 2.24) is 10.2 Å². The van der Waals surface area contributed by atoms with Crippen LogP contribution in [-0.4, -0.2) is 29.6 Å². The van der Waals surface area contributed by atoms with E-state index < -0.39 is 0 Å². The minimum Gasteiger partial charge on any atom is -0.325 e. The zero-order valence-electron chi connectivity index (χ0n) is 13.2. The van der Waals surface area contributed by atoms with E-state index in [0.29, 0.717) is 23.2 Å². The SMILES string of the molecule is CCC1(CN2C(=O)C(C(C)C)NC2CC(C)C)CC1. The van der Waals surface area contributed by atoms with Crippen molar-refractivity contribution in [3.05, 3.63) is 0 Å². The van der Waals surface area contributed by atoms with E-state index in [2.05, 4.69) is 44.8 Å². The highest BCUT2D eigenvalue weighted by Crippen LogP contribution is 2.49. The number of carbonyl (C=O) groups is 1. The maximum absolute atomic E-state index is 12.6. The number of nitrogens with one attached hydrogen (secondary N) is 1. The van der Waals surface area contributed by atoms with Crippen LogP contribution in [0.2, 0.25) is 0 Å². The lowest BCUT2D eigenvalue weighted by atomic mass is 10.0. The molecule has 0 aromatic heterocycles. The highest BCUT2D eigenvalue weighted by atomic mass is 16.2. The first-order valence-corrected chi connectivity index (χ1v) is 7.95. The summed E-state index contributed by atoms with van der Waals surface area (Å²) >= 11 is 0. The maximum Gasteiger partial charge on any atom is 0.241 e. The van der Waals surface area contributed by atoms with Crippen LogP contribution in [0.1, 0.15) is 60.3 Å². The summed E-state index contributed by atoms with van der Waals surface area (Å²) in [6.45, 7) is 12.0. The number of carbonyl (C=O) groups excluding carboxylic acids is 1. The molecule has 1 saturated carbocycles. The Bertz CT molecular complexity index is 334. The van der Waals surface area contributed by atoms with Crippen LogP contribution in [0.3, 0.4) is 0 Å². The van der Waals surface area contributed by atoms with Crippen molar-refractivity contribution in [1.29, 1.82) is 0 Å². The van der Waals surface area contributed by atoms with E-state index >= 15 is 0 Å². The minimum absolute atomic E-state index is 0.0245. The predicted molar refractivity (Wildman–Crippen MR) is 78.7 cm³/mol. The first-order chi connectivity index (χ1) is 8.88. The molecule has 2 atom stereocenters. The second kappa shape index (κ2) is 5.43. The number of amides is 1. The quantitative estimate of drug-likeness (QED) is 0.801. The number of hydrogen-bond donors (Lipinski definition) is 1. The van der Waals surface area contributed by atoms with Gasteiger partial charge in [-0.1, -0.05) is 34.6 Å². The molecule has 2 fully saturated rings. The molecule has 1 aliphatic heterocycles. The maximum atomic E-state index is 12.6. The van der Waals surface area contributed by atoms with Crippen molar-refractivity contribution in [3.8, 4) is 0 Å². The largest absolute Gasteiger partial charge is 0.325 e. The summed E-state index contributed by atoms with van der Waals surface area (Å²) in [7, 11) is 0. The van der Waals surface area contributed by atoms with E-state index in [1.54, 1.807) is 0 Å². The smallest absolute Gasteiger partial charge is 0.241 e. The Morgan fingerprint density at radius 3 is 2.37 bits per heavy atom. The fourth-order valence-electron chi connectivity index (χ4n) is 3.17. The number of nitrogens with zero attached hydrogens (tertiary/aromatic N) is 1. The van der Waals surface area contributed by atoms with E-state index in [-0.39, 0.29) is 12.2 Å². The molecule has 2 rings (SSSR count). The van der Waals surface area contributed by atoms with E-state index in [0.717, 1.165) is 13.0 Å². The molecule has 0 spiro atoms. The van der Waals surface area contributed by atoms with Gasteiger partial charge in [0.05, 0.1) is 12.2 Å². The molecule has 1 N–H and O–H groups in total. The zero-order chi connectivity index (χ0) is 14.2. The Kier molecular flexibility index (Phi) is 4.24. The van der Waals surface area contributed by atoms with Crippen LogP contribution < -0.4 is 5.32 Å². The number of hydrogen-bond acceptors (Lipinski definition) is 2. The number of rotatable bonds is 6. The predicted octanol–water partition coefficient (Wildman–Crippen LogP) is 3.01. The summed E-state index contributed by atoms with van der Waals surface area (Å²) in [5, 5.41) is 3.57. The van der Waals surface area contributed by atoms with E-state index in [1.165, 1.54) is 19.3 Å². The molecule has 0 bridgehead atoms. The Morgan fingerprint density at radius 2 is 1.95 bits per heavy atom. The molecule has 1 saturated heterocycles. The van der Waals surface area contributed by atoms with Gasteiger partial charge in [-0.05, 0) is 42.9 Å². The van der Waals surface area contributed by atoms with Gasteiger partial charge in [0, 0.05) is 6.54 Å². The van der Waals surface area contributed by atoms with Crippen LogP contribution in [0.15, 0.2) is 0 Å². The zero-order valence-corrected chi connectivity index (χ0v) is 13.2. The molecule has 3 nitrogen and oxygen atoms in total. The summed E-state index contributed by atoms with van der Waals surface area (Å²) in [4.78, 5) is 14.8. The summed E-state index contributed by atoms with van der Waals surface area (Å²) in [6, 6.07) is 0.0245. The van der Waals surface area contributed by atoms with Crippen LogP contribution in [0.4, 0.5) is 0 Å². The fourth-order valence-corrected chi connectivity index (χ4v) is 3.17. The third kappa shape index (κ3) is 3.13. The Labute approximate surface area is 118 Å². The lowest BCUT2D eigenvalue weighted by molar-refractivity contribution is -0.131. The summed E-state index contributed by atoms with van der Waals surface area (Å²) in [5.41, 5.74) is 0.443. The van der Waals surface area contributed by atoms with Crippen molar-refractivity contribution < 1.29 is 4.79 Å². The third-order valence-electron chi connectivity index (χ3n) is 4.87. The average molecular weight is 266 g/mol. The molecule has 1 amide bonds. The normalized spacial score (nSPS) is 29.6. The Hall–Kier alpha value is -0.570. The molecule has 2 unspecified atom stereocenters. The Balaban J connectivity index is 2.09. The summed E-state index contributed by atoms with van der Waals surface area (Å²) < 4.78 is 0. The molecule has 19 heavy (non-hydrogen) atoms. The van der Waals surface area contributed by atoms with Gasteiger partial charge in [-0.25, -0.2) is 0 Å². The molecule has 1 heterocycles. The van der Waals surface area contributed by atoms with Crippen molar-refractivity contribution >= 4 is 5.91 Å². The van der Waals surface area contributed by atoms with Gasteiger partial charge in [0.2, 0.25) is 5.91 Å². The minimum atomic E-state index is 0.0245. The molecule has 2 aliphatic rings. The van der Waals surface area contributed by atoms with Gasteiger partial charge in [-0.3, -0.25) is 10.1 Å². The second-order valence-electron chi connectivity index (χ2n) is 7.35. The van der Waals surface area contributed by atoms with Crippen molar-refractivity contribution in [2.24, 2.45) is 17.3 Å². The van der Waals surface area contributed by atoms with Crippen molar-refractivity contribution in [3.63, 3.8) is 0 Å². The first-order valence-electron chi connectivity index (χ1n) is 7.95. The molecule has 3 heteroatoms. The van der Waals surface area contributed by atoms with Gasteiger partial charge < -0.3 is 4.90 Å². The van der Waals surface area contributed by atoms with Gasteiger partial charge in [-0.15, -0.1) is 0 Å². The average Bonchev–Trinajstić information content (AvgIpc) is 3.04. The van der Waals surface area contributed by atoms with E-state index in [4.69, 9.17) is 0 Å². The molecule has 1 aliphatic carbocycles. The molecule has 0 radical (unpaired) electrons. The van der Waals surface area contributed by atoms with Gasteiger partial charge in [-0.2, -0.15) is 0 Å². The molecule has 0 aromatic rings. The molecule has 110 valence electrons. The van der Waals surface area contributed by atoms with Crippen LogP contribution in [0.25, 0.3) is 0 Å². The van der Waals surface area contributed by atoms with E-state index in [1.807, 2.05) is 0 Å². The van der Waals surface area contributed by atoms with Crippen LogP contribution in [0, 0.1) is 17.3 Å². The van der Waals surface area contributed by atoms with Gasteiger partial charge in [0.25, 0.3) is 0 Å². The fraction of sp³-hybridized carbons (Fsp3) is 0.938. The van der Waals surface area contributed by atoms with Gasteiger partial charge in [0.15, 0.2) is 0 Å². The van der Waals surface area contributed by atoms with Crippen LogP contribution in [0.5, 0.6) is 0 Å². The van der Waals surface area contributed by atoms with Crippen LogP contribution in [-0.2, 0) is 4.79 Å². The Morgan fingerprint density at radius 1 is 1.32 bits per heavy atom. The molecular formula is C16H30N2O. The summed E-state index contributed by atoms with van der Waals surface area (Å²) in [6.07, 6.45) is 5.12. The lowest BCUT2D eigenvalue weighted by Gasteiger charge is -2.29. The highest BCUT2D eigenvalue weighted by molar-refractivity contribution is 5.84. The first kappa shape index (κ1) is 14.8. The van der Waals surface area contributed by atoms with Crippen molar-refractivity contribution in [2.75, 3.05) is 6.54 Å². The van der Waals surface area contributed by atoms with Crippen LogP contribution >= 0.6 is 0 Å². The molecular weight excluding hydrogens is 236 g/mol. The second-order valence-corrected chi connectivity index (χ2v) is 7.35. The van der Waals surface area contributed by atoms with Gasteiger partial charge >= 0.3 is 0 Å². The highest BCUT2D eigenvalue weighted by Gasteiger charge is 2.48. The summed E-state index contributed by atoms with van der Waals surface area (Å²) in [5.74, 6) is 1.33. The van der Waals surface area contributed by atoms with Gasteiger partial charge in [0.1, 0.15) is 0 Å². The molecule has 0 aromatic carbocycles. The standard InChI is InChI=1S/C16H30N2O/c1-6-16(7-8-16)10-18-13(9-11(2)3)17-14(12(4)5)15(18)19/h11-14,17H,6-10H2,1-5H3. The van der Waals surface area contributed by atoms with Crippen molar-refractivity contribution in [2.45, 2.75) is 72.5 Å². The third-order valence-corrected chi connectivity index (χ3v) is 4.87. The lowest BCUT2D eigenvalue weighted by Crippen LogP contribution is -2.41.